The Labute approximate surface area is 97.4 Å². The molecule has 0 radical (unpaired) electrons. The van der Waals surface area contributed by atoms with Crippen molar-refractivity contribution in [2.75, 3.05) is 26.7 Å². The van der Waals surface area contributed by atoms with Crippen LogP contribution in [0.5, 0.6) is 0 Å². The first kappa shape index (κ1) is 17.3. The highest BCUT2D eigenvalue weighted by Crippen LogP contribution is 1.86. The van der Waals surface area contributed by atoms with Crippen LogP contribution in [0.25, 0.3) is 0 Å². The van der Waals surface area contributed by atoms with E-state index in [9.17, 15) is 14.7 Å². The van der Waals surface area contributed by atoms with Crippen molar-refractivity contribution >= 4 is 11.9 Å². The summed E-state index contributed by atoms with van der Waals surface area (Å²) in [7, 11) is 2.00. The molecular weight excluding hydrogens is 210 g/mol. The summed E-state index contributed by atoms with van der Waals surface area (Å²) in [4.78, 5) is 22.0. The predicted molar refractivity (Wildman–Crippen MR) is 59.7 cm³/mol. The zero-order valence-corrected chi connectivity index (χ0v) is 10.6. The fourth-order valence-corrected chi connectivity index (χ4v) is 0.575. The van der Waals surface area contributed by atoms with Crippen molar-refractivity contribution in [3.8, 4) is 0 Å². The molecule has 5 heteroatoms. The first-order valence-electron chi connectivity index (χ1n) is 5.51. The van der Waals surface area contributed by atoms with Gasteiger partial charge in [0.15, 0.2) is 0 Å². The largest absolute Gasteiger partial charge is 0.550 e. The molecule has 0 spiro atoms. The van der Waals surface area contributed by atoms with E-state index in [-0.39, 0.29) is 12.4 Å². The molecule has 0 amide bonds. The van der Waals surface area contributed by atoms with E-state index in [1.807, 2.05) is 7.05 Å². The average molecular weight is 232 g/mol. The maximum atomic E-state index is 10.6. The van der Waals surface area contributed by atoms with Gasteiger partial charge in [0.25, 0.3) is 0 Å². The summed E-state index contributed by atoms with van der Waals surface area (Å²) in [5.74, 6) is -1.11. The van der Waals surface area contributed by atoms with Gasteiger partial charge in [-0.25, -0.2) is 0 Å². The summed E-state index contributed by atoms with van der Waals surface area (Å²) in [5.41, 5.74) is 0. The Balaban J connectivity index is 0. The second-order valence-corrected chi connectivity index (χ2v) is 3.20. The van der Waals surface area contributed by atoms with Gasteiger partial charge in [-0.2, -0.15) is 0 Å². The molecule has 0 atom stereocenters. The Morgan fingerprint density at radius 1 is 1.19 bits per heavy atom. The smallest absolute Gasteiger partial charge is 0.305 e. The Bertz CT molecular complexity index is 194. The number of esters is 1. The number of aliphatic carboxylic acids is 1. The van der Waals surface area contributed by atoms with E-state index >= 15 is 0 Å². The van der Waals surface area contributed by atoms with Crippen molar-refractivity contribution in [2.45, 2.75) is 33.6 Å². The maximum Gasteiger partial charge on any atom is 0.305 e. The molecule has 0 fully saturated rings. The van der Waals surface area contributed by atoms with Crippen LogP contribution in [-0.2, 0) is 14.3 Å². The fraction of sp³-hybridized carbons (Fsp3) is 0.818. The number of rotatable bonds is 6. The van der Waals surface area contributed by atoms with Crippen molar-refractivity contribution in [3.05, 3.63) is 0 Å². The van der Waals surface area contributed by atoms with Crippen molar-refractivity contribution < 1.29 is 19.4 Å². The molecule has 0 aromatic carbocycles. The minimum atomic E-state index is -0.995. The zero-order chi connectivity index (χ0) is 13.0. The highest BCUT2D eigenvalue weighted by Gasteiger charge is 1.98. The number of nitrogens with zero attached hydrogens (tertiary/aromatic N) is 1. The van der Waals surface area contributed by atoms with Crippen LogP contribution < -0.4 is 5.11 Å². The summed E-state index contributed by atoms with van der Waals surface area (Å²) < 4.78 is 4.88. The summed E-state index contributed by atoms with van der Waals surface area (Å²) in [6.07, 6.45) is 0.579. The van der Waals surface area contributed by atoms with Gasteiger partial charge >= 0.3 is 5.97 Å². The monoisotopic (exact) mass is 232 g/mol. The van der Waals surface area contributed by atoms with Gasteiger partial charge in [-0.05, 0) is 20.0 Å². The lowest BCUT2D eigenvalue weighted by molar-refractivity contribution is -0.305. The van der Waals surface area contributed by atoms with E-state index in [0.29, 0.717) is 13.0 Å². The molecule has 0 N–H and O–H groups in total. The third kappa shape index (κ3) is 15.4. The number of hydrogen-bond acceptors (Lipinski definition) is 5. The highest BCUT2D eigenvalue weighted by molar-refractivity contribution is 5.68. The molecule has 96 valence electrons. The Morgan fingerprint density at radius 3 is 2.00 bits per heavy atom. The molecule has 0 aromatic rings. The number of likely N-dealkylation sites (N-methyl/N-ethyl adjacent to an activating group) is 1. The van der Waals surface area contributed by atoms with Crippen molar-refractivity contribution in [1.29, 1.82) is 0 Å². The number of carboxylic acids is 1. The number of carbonyl (C=O) groups is 2. The average Bonchev–Trinajstić information content (AvgIpc) is 2.29. The Kier molecular flexibility index (Phi) is 12.9. The van der Waals surface area contributed by atoms with E-state index in [4.69, 9.17) is 4.74 Å². The van der Waals surface area contributed by atoms with Crippen LogP contribution in [0.4, 0.5) is 0 Å². The van der Waals surface area contributed by atoms with Gasteiger partial charge in [-0.3, -0.25) is 4.79 Å². The van der Waals surface area contributed by atoms with Crippen LogP contribution in [0.1, 0.15) is 33.6 Å². The highest BCUT2D eigenvalue weighted by atomic mass is 16.5. The summed E-state index contributed by atoms with van der Waals surface area (Å²) >= 11 is 0. The molecule has 0 aliphatic heterocycles. The summed E-state index contributed by atoms with van der Waals surface area (Å²) in [6.45, 7) is 7.73. The molecule has 0 aromatic heterocycles. The number of ether oxygens (including phenoxy) is 1. The molecule has 0 heterocycles. The summed E-state index contributed by atoms with van der Waals surface area (Å²) in [6, 6.07) is 0. The molecule has 0 saturated carbocycles. The molecule has 5 nitrogen and oxygen atoms in total. The topological polar surface area (TPSA) is 69.7 Å². The normalized spacial score (nSPS) is 9.31. The maximum absolute atomic E-state index is 10.6. The Hall–Kier alpha value is -1.10. The van der Waals surface area contributed by atoms with Gasteiger partial charge in [0, 0.05) is 18.9 Å². The number of carboxylic acid groups (broad SMARTS) is 1. The molecule has 16 heavy (non-hydrogen) atoms. The molecular formula is C11H22NO4-. The molecule has 0 aliphatic carbocycles. The molecule has 0 aliphatic rings. The van der Waals surface area contributed by atoms with E-state index in [2.05, 4.69) is 11.8 Å². The third-order valence-corrected chi connectivity index (χ3v) is 1.85. The quantitative estimate of drug-likeness (QED) is 0.605. The second-order valence-electron chi connectivity index (χ2n) is 3.20. The second kappa shape index (κ2) is 12.0. The first-order chi connectivity index (χ1) is 7.47. The van der Waals surface area contributed by atoms with Crippen molar-refractivity contribution in [1.82, 2.24) is 4.90 Å². The minimum Gasteiger partial charge on any atom is -0.550 e. The van der Waals surface area contributed by atoms with Gasteiger partial charge < -0.3 is 19.5 Å². The zero-order valence-electron chi connectivity index (χ0n) is 10.6. The molecule has 0 saturated heterocycles. The van der Waals surface area contributed by atoms with E-state index < -0.39 is 5.97 Å². The van der Waals surface area contributed by atoms with E-state index in [1.165, 1.54) is 6.92 Å². The van der Waals surface area contributed by atoms with E-state index in [1.54, 1.807) is 6.92 Å². The standard InChI is InChI=1S/C8H17NO2.C3H6O2/c1-4-8(10)11-7-6-9(3)5-2;1-2-3(4)5/h4-7H2,1-3H3;2H2,1H3,(H,4,5)/p-1. The van der Waals surface area contributed by atoms with Gasteiger partial charge in [0.1, 0.15) is 6.61 Å². The van der Waals surface area contributed by atoms with E-state index in [0.717, 1.165) is 13.1 Å². The van der Waals surface area contributed by atoms with Gasteiger partial charge in [-0.15, -0.1) is 0 Å². The molecule has 0 unspecified atom stereocenters. The van der Waals surface area contributed by atoms with Gasteiger partial charge in [0.05, 0.1) is 0 Å². The van der Waals surface area contributed by atoms with Gasteiger partial charge in [0.2, 0.25) is 0 Å². The lowest BCUT2D eigenvalue weighted by atomic mass is 10.5. The van der Waals surface area contributed by atoms with Crippen molar-refractivity contribution in [3.63, 3.8) is 0 Å². The van der Waals surface area contributed by atoms with Crippen LogP contribution >= 0.6 is 0 Å². The van der Waals surface area contributed by atoms with Crippen LogP contribution in [0.15, 0.2) is 0 Å². The van der Waals surface area contributed by atoms with Crippen molar-refractivity contribution in [2.24, 2.45) is 0 Å². The fourth-order valence-electron chi connectivity index (χ4n) is 0.575. The lowest BCUT2D eigenvalue weighted by Crippen LogP contribution is -2.23. The van der Waals surface area contributed by atoms with Gasteiger partial charge in [-0.1, -0.05) is 20.8 Å². The first-order valence-corrected chi connectivity index (χ1v) is 5.51. The minimum absolute atomic E-state index is 0.111. The number of carbonyl (C=O) groups excluding carboxylic acids is 2. The predicted octanol–water partition coefficient (Wildman–Crippen LogP) is 0.0376. The number of hydrogen-bond donors (Lipinski definition) is 0. The molecule has 0 bridgehead atoms. The van der Waals surface area contributed by atoms with Crippen LogP contribution in [0.3, 0.4) is 0 Å². The van der Waals surface area contributed by atoms with Crippen LogP contribution in [0.2, 0.25) is 0 Å². The lowest BCUT2D eigenvalue weighted by Gasteiger charge is -2.12. The SMILES string of the molecule is CCC(=O)OCCN(C)CC.CCC(=O)[O-]. The Morgan fingerprint density at radius 2 is 1.69 bits per heavy atom. The van der Waals surface area contributed by atoms with Crippen LogP contribution in [-0.4, -0.2) is 43.6 Å². The molecule has 0 rings (SSSR count). The van der Waals surface area contributed by atoms with Crippen LogP contribution in [0, 0.1) is 0 Å². The third-order valence-electron chi connectivity index (χ3n) is 1.85. The summed E-state index contributed by atoms with van der Waals surface area (Å²) in [5, 5.41) is 9.26.